The topological polar surface area (TPSA) is 60.2 Å². The molecule has 1 saturated heterocycles. The highest BCUT2D eigenvalue weighted by Crippen LogP contribution is 2.22. The first kappa shape index (κ1) is 16.5. The third kappa shape index (κ3) is 3.23. The maximum absolute atomic E-state index is 12.8. The number of morpholine rings is 1. The summed E-state index contributed by atoms with van der Waals surface area (Å²) in [5.74, 6) is 0.716. The molecule has 6 nitrogen and oxygen atoms in total. The molecule has 0 saturated carbocycles. The number of amides is 1. The van der Waals surface area contributed by atoms with Gasteiger partial charge in [0.15, 0.2) is 5.82 Å². The Morgan fingerprint density at radius 3 is 2.38 bits per heavy atom. The van der Waals surface area contributed by atoms with Crippen molar-refractivity contribution in [3.63, 3.8) is 0 Å². The molecule has 0 aliphatic carbocycles. The van der Waals surface area contributed by atoms with Crippen molar-refractivity contribution in [2.24, 2.45) is 0 Å². The number of hydrogen-bond acceptors (Lipinski definition) is 4. The Bertz CT molecular complexity index is 897. The van der Waals surface area contributed by atoms with Crippen LogP contribution in [0, 0.1) is 6.92 Å². The standard InChI is InChI=1S/C20H20N4O2/c1-15-7-9-17(10-8-15)24-19(16-5-3-2-4-6-16)21-18(22-24)20(25)23-11-13-26-14-12-23/h2-10H,11-14H2,1H3. The summed E-state index contributed by atoms with van der Waals surface area (Å²) in [6.45, 7) is 4.28. The van der Waals surface area contributed by atoms with Gasteiger partial charge in [-0.05, 0) is 19.1 Å². The van der Waals surface area contributed by atoms with Gasteiger partial charge >= 0.3 is 0 Å². The first-order valence-electron chi connectivity index (χ1n) is 8.69. The van der Waals surface area contributed by atoms with Crippen molar-refractivity contribution in [2.45, 2.75) is 6.92 Å². The molecular formula is C20H20N4O2. The van der Waals surface area contributed by atoms with Gasteiger partial charge in [0.1, 0.15) is 0 Å². The molecular weight excluding hydrogens is 328 g/mol. The van der Waals surface area contributed by atoms with E-state index >= 15 is 0 Å². The number of carbonyl (C=O) groups is 1. The second-order valence-electron chi connectivity index (χ2n) is 6.28. The van der Waals surface area contributed by atoms with Gasteiger partial charge in [0.2, 0.25) is 5.82 Å². The Kier molecular flexibility index (Phi) is 4.50. The molecule has 1 aliphatic heterocycles. The van der Waals surface area contributed by atoms with Crippen LogP contribution in [0.3, 0.4) is 0 Å². The highest BCUT2D eigenvalue weighted by molar-refractivity contribution is 5.91. The van der Waals surface area contributed by atoms with E-state index in [-0.39, 0.29) is 11.7 Å². The maximum Gasteiger partial charge on any atom is 0.293 e. The Labute approximate surface area is 152 Å². The number of carbonyl (C=O) groups excluding carboxylic acids is 1. The van der Waals surface area contributed by atoms with Gasteiger partial charge in [-0.15, -0.1) is 5.10 Å². The summed E-state index contributed by atoms with van der Waals surface area (Å²) >= 11 is 0. The molecule has 1 aliphatic rings. The van der Waals surface area contributed by atoms with E-state index in [2.05, 4.69) is 10.1 Å². The zero-order valence-corrected chi connectivity index (χ0v) is 14.6. The van der Waals surface area contributed by atoms with E-state index in [0.717, 1.165) is 11.3 Å². The number of hydrogen-bond donors (Lipinski definition) is 0. The predicted molar refractivity (Wildman–Crippen MR) is 98.3 cm³/mol. The zero-order valence-electron chi connectivity index (χ0n) is 14.6. The molecule has 132 valence electrons. The molecule has 2 aromatic carbocycles. The van der Waals surface area contributed by atoms with E-state index in [9.17, 15) is 4.79 Å². The molecule has 1 amide bonds. The fourth-order valence-electron chi connectivity index (χ4n) is 2.95. The summed E-state index contributed by atoms with van der Waals surface area (Å²) in [6, 6.07) is 17.8. The van der Waals surface area contributed by atoms with Gasteiger partial charge in [-0.25, -0.2) is 9.67 Å². The van der Waals surface area contributed by atoms with Crippen LogP contribution in [-0.2, 0) is 4.74 Å². The average Bonchev–Trinajstić information content (AvgIpc) is 3.15. The molecule has 0 bridgehead atoms. The van der Waals surface area contributed by atoms with Crippen molar-refractivity contribution >= 4 is 5.91 Å². The lowest BCUT2D eigenvalue weighted by atomic mass is 10.2. The Morgan fingerprint density at radius 1 is 1.00 bits per heavy atom. The Balaban J connectivity index is 1.77. The summed E-state index contributed by atoms with van der Waals surface area (Å²) < 4.78 is 7.06. The zero-order chi connectivity index (χ0) is 17.9. The normalized spacial score (nSPS) is 14.4. The van der Waals surface area contributed by atoms with Crippen LogP contribution in [0.4, 0.5) is 0 Å². The van der Waals surface area contributed by atoms with E-state index in [1.165, 1.54) is 5.56 Å². The fraction of sp³-hybridized carbons (Fsp3) is 0.250. The van der Waals surface area contributed by atoms with E-state index in [1.54, 1.807) is 9.58 Å². The predicted octanol–water partition coefficient (Wildman–Crippen LogP) is 2.72. The molecule has 0 N–H and O–H groups in total. The third-order valence-electron chi connectivity index (χ3n) is 4.41. The third-order valence-corrected chi connectivity index (χ3v) is 4.41. The first-order valence-corrected chi connectivity index (χ1v) is 8.69. The minimum Gasteiger partial charge on any atom is -0.378 e. The summed E-state index contributed by atoms with van der Waals surface area (Å²) in [7, 11) is 0. The second kappa shape index (κ2) is 7.09. The van der Waals surface area contributed by atoms with Crippen LogP contribution in [-0.4, -0.2) is 51.9 Å². The molecule has 1 fully saturated rings. The quantitative estimate of drug-likeness (QED) is 0.730. The highest BCUT2D eigenvalue weighted by atomic mass is 16.5. The van der Waals surface area contributed by atoms with Gasteiger partial charge in [0.25, 0.3) is 5.91 Å². The van der Waals surface area contributed by atoms with Crippen molar-refractivity contribution in [3.8, 4) is 17.1 Å². The molecule has 2 heterocycles. The smallest absolute Gasteiger partial charge is 0.293 e. The summed E-state index contributed by atoms with van der Waals surface area (Å²) in [4.78, 5) is 19.1. The summed E-state index contributed by atoms with van der Waals surface area (Å²) in [5, 5.41) is 4.54. The average molecular weight is 348 g/mol. The Hall–Kier alpha value is -2.99. The van der Waals surface area contributed by atoms with Crippen LogP contribution in [0.2, 0.25) is 0 Å². The minimum absolute atomic E-state index is 0.156. The Morgan fingerprint density at radius 2 is 1.69 bits per heavy atom. The number of ether oxygens (including phenoxy) is 1. The molecule has 0 atom stereocenters. The molecule has 6 heteroatoms. The SMILES string of the molecule is Cc1ccc(-n2nc(C(=O)N3CCOCC3)nc2-c2ccccc2)cc1. The molecule has 0 radical (unpaired) electrons. The molecule has 4 rings (SSSR count). The van der Waals surface area contributed by atoms with Crippen molar-refractivity contribution in [3.05, 3.63) is 66.0 Å². The van der Waals surface area contributed by atoms with Gasteiger partial charge in [0, 0.05) is 18.7 Å². The van der Waals surface area contributed by atoms with Gasteiger partial charge in [-0.1, -0.05) is 48.0 Å². The van der Waals surface area contributed by atoms with E-state index < -0.39 is 0 Å². The summed E-state index contributed by atoms with van der Waals surface area (Å²) in [6.07, 6.45) is 0. The first-order chi connectivity index (χ1) is 12.7. The van der Waals surface area contributed by atoms with Gasteiger partial charge in [-0.2, -0.15) is 0 Å². The van der Waals surface area contributed by atoms with Crippen LogP contribution in [0.25, 0.3) is 17.1 Å². The number of aryl methyl sites for hydroxylation is 1. The fourth-order valence-corrected chi connectivity index (χ4v) is 2.95. The maximum atomic E-state index is 12.8. The van der Waals surface area contributed by atoms with Crippen LogP contribution in [0.15, 0.2) is 54.6 Å². The minimum atomic E-state index is -0.156. The summed E-state index contributed by atoms with van der Waals surface area (Å²) in [5.41, 5.74) is 2.96. The molecule has 1 aromatic heterocycles. The van der Waals surface area contributed by atoms with E-state index in [1.807, 2.05) is 61.5 Å². The van der Waals surface area contributed by atoms with E-state index in [4.69, 9.17) is 4.74 Å². The van der Waals surface area contributed by atoms with Crippen molar-refractivity contribution in [2.75, 3.05) is 26.3 Å². The second-order valence-corrected chi connectivity index (χ2v) is 6.28. The number of nitrogens with zero attached hydrogens (tertiary/aromatic N) is 4. The van der Waals surface area contributed by atoms with Crippen LogP contribution < -0.4 is 0 Å². The number of aromatic nitrogens is 3. The molecule has 0 unspecified atom stereocenters. The molecule has 0 spiro atoms. The van der Waals surface area contributed by atoms with E-state index in [0.29, 0.717) is 32.1 Å². The molecule has 3 aromatic rings. The lowest BCUT2D eigenvalue weighted by Crippen LogP contribution is -2.41. The highest BCUT2D eigenvalue weighted by Gasteiger charge is 2.24. The molecule has 26 heavy (non-hydrogen) atoms. The van der Waals surface area contributed by atoms with Crippen LogP contribution >= 0.6 is 0 Å². The lowest BCUT2D eigenvalue weighted by Gasteiger charge is -2.25. The van der Waals surface area contributed by atoms with Gasteiger partial charge in [-0.3, -0.25) is 4.79 Å². The van der Waals surface area contributed by atoms with Gasteiger partial charge in [0.05, 0.1) is 18.9 Å². The lowest BCUT2D eigenvalue weighted by molar-refractivity contribution is 0.0295. The van der Waals surface area contributed by atoms with Crippen molar-refractivity contribution < 1.29 is 9.53 Å². The van der Waals surface area contributed by atoms with Crippen LogP contribution in [0.5, 0.6) is 0 Å². The number of benzene rings is 2. The largest absolute Gasteiger partial charge is 0.378 e. The number of rotatable bonds is 3. The monoisotopic (exact) mass is 348 g/mol. The van der Waals surface area contributed by atoms with Crippen molar-refractivity contribution in [1.82, 2.24) is 19.7 Å². The van der Waals surface area contributed by atoms with Crippen LogP contribution in [0.1, 0.15) is 16.2 Å². The van der Waals surface area contributed by atoms with Gasteiger partial charge < -0.3 is 9.64 Å². The van der Waals surface area contributed by atoms with Crippen molar-refractivity contribution in [1.29, 1.82) is 0 Å².